The molecule has 3 N–H and O–H groups in total. The van der Waals surface area contributed by atoms with E-state index >= 15 is 0 Å². The first-order chi connectivity index (χ1) is 16.8. The van der Waals surface area contributed by atoms with Gasteiger partial charge in [0.15, 0.2) is 0 Å². The average Bonchev–Trinajstić information content (AvgIpc) is 3.16. The van der Waals surface area contributed by atoms with Crippen LogP contribution in [0.2, 0.25) is 0 Å². The minimum absolute atomic E-state index is 0.0427. The maximum Gasteiger partial charge on any atom is 0.0713 e. The molecule has 4 aliphatic carbocycles. The van der Waals surface area contributed by atoms with Crippen molar-refractivity contribution in [1.29, 1.82) is 0 Å². The molecule has 5 fully saturated rings. The van der Waals surface area contributed by atoms with Gasteiger partial charge < -0.3 is 20.1 Å². The van der Waals surface area contributed by atoms with Gasteiger partial charge in [0, 0.05) is 12.5 Å². The maximum absolute atomic E-state index is 11.5. The smallest absolute Gasteiger partial charge is 0.0713 e. The van der Waals surface area contributed by atoms with Crippen molar-refractivity contribution in [2.45, 2.75) is 157 Å². The van der Waals surface area contributed by atoms with Gasteiger partial charge in [-0.05, 0) is 138 Å². The van der Waals surface area contributed by atoms with Gasteiger partial charge in [-0.25, -0.2) is 0 Å². The molecule has 10 atom stereocenters. The van der Waals surface area contributed by atoms with Crippen molar-refractivity contribution in [2.75, 3.05) is 6.61 Å². The molecule has 0 aromatic carbocycles. The molecule has 4 nitrogen and oxygen atoms in total. The van der Waals surface area contributed by atoms with Crippen molar-refractivity contribution in [2.24, 2.45) is 44.8 Å². The highest BCUT2D eigenvalue weighted by molar-refractivity contribution is 5.25. The molecule has 5 aliphatic rings. The Morgan fingerprint density at radius 3 is 2.08 bits per heavy atom. The third-order valence-electron chi connectivity index (χ3n) is 13.2. The highest BCUT2D eigenvalue weighted by Crippen LogP contribution is 2.83. The van der Waals surface area contributed by atoms with Gasteiger partial charge in [-0.15, -0.1) is 0 Å². The lowest BCUT2D eigenvalue weighted by molar-refractivity contribution is -0.120. The summed E-state index contributed by atoms with van der Waals surface area (Å²) in [6, 6.07) is 0. The summed E-state index contributed by atoms with van der Waals surface area (Å²) in [5, 5.41) is 30.8. The molecule has 0 aromatic rings. The second-order valence-corrected chi connectivity index (χ2v) is 16.5. The summed E-state index contributed by atoms with van der Waals surface area (Å²) in [6.45, 7) is 22.6. The number of aliphatic hydroxyl groups excluding tert-OH is 2. The second-order valence-electron chi connectivity index (χ2n) is 16.5. The Morgan fingerprint density at radius 2 is 1.57 bits per heavy atom. The van der Waals surface area contributed by atoms with Gasteiger partial charge in [-0.2, -0.15) is 0 Å². The molecule has 0 amide bonds. The van der Waals surface area contributed by atoms with Crippen LogP contribution in [0.3, 0.4) is 0 Å². The number of hydrogen-bond donors (Lipinski definition) is 3. The minimum atomic E-state index is -0.500. The lowest BCUT2D eigenvalue weighted by Gasteiger charge is -2.52. The largest absolute Gasteiger partial charge is 0.393 e. The number of ether oxygens (including phenoxy) is 1. The Bertz CT molecular complexity index is 832. The zero-order valence-electron chi connectivity index (χ0n) is 25.9. The monoisotopic (exact) mass is 520 g/mol. The van der Waals surface area contributed by atoms with E-state index in [0.29, 0.717) is 22.7 Å². The Morgan fingerprint density at radius 1 is 0.946 bits per heavy atom. The van der Waals surface area contributed by atoms with E-state index in [2.05, 4.69) is 41.5 Å². The molecule has 37 heavy (non-hydrogen) atoms. The van der Waals surface area contributed by atoms with Crippen LogP contribution in [-0.4, -0.2) is 45.3 Å². The Labute approximate surface area is 228 Å². The van der Waals surface area contributed by atoms with E-state index < -0.39 is 5.60 Å². The summed E-state index contributed by atoms with van der Waals surface area (Å²) in [5.41, 5.74) is 0.438. The number of rotatable bonds is 4. The highest BCUT2D eigenvalue weighted by atomic mass is 16.5. The van der Waals surface area contributed by atoms with Gasteiger partial charge in [0.25, 0.3) is 0 Å². The normalized spacial score (nSPS) is 50.2. The predicted molar refractivity (Wildman–Crippen MR) is 151 cm³/mol. The first-order valence-electron chi connectivity index (χ1n) is 15.5. The molecule has 1 heterocycles. The maximum atomic E-state index is 11.5. The molecular formula is C33H60O4. The van der Waals surface area contributed by atoms with Gasteiger partial charge in [0.05, 0.1) is 23.4 Å². The third kappa shape index (κ3) is 4.47. The third-order valence-corrected chi connectivity index (χ3v) is 13.2. The van der Waals surface area contributed by atoms with Crippen LogP contribution in [0.1, 0.15) is 133 Å². The van der Waals surface area contributed by atoms with E-state index in [0.717, 1.165) is 25.9 Å². The van der Waals surface area contributed by atoms with E-state index in [1.54, 1.807) is 20.8 Å². The van der Waals surface area contributed by atoms with Gasteiger partial charge in [0.1, 0.15) is 0 Å². The first kappa shape index (κ1) is 29.8. The van der Waals surface area contributed by atoms with E-state index in [1.807, 2.05) is 6.92 Å². The molecule has 1 aliphatic heterocycles. The SMILES string of the molecule is CC(C)(C)O.CC[C@]12CC13CCC1(C)C([C@@]4(C)CCCO4)C(O)C[C@@]1(C)[C@H](CCC2C(C)(C)C(C)O)C3. The predicted octanol–water partition coefficient (Wildman–Crippen LogP) is 7.13. The highest BCUT2D eigenvalue weighted by Gasteiger charge is 2.76. The molecule has 1 saturated heterocycles. The van der Waals surface area contributed by atoms with Gasteiger partial charge in [-0.1, -0.05) is 34.6 Å². The van der Waals surface area contributed by atoms with E-state index in [4.69, 9.17) is 9.84 Å². The van der Waals surface area contributed by atoms with Crippen molar-refractivity contribution >= 4 is 0 Å². The van der Waals surface area contributed by atoms with Crippen LogP contribution in [-0.2, 0) is 4.74 Å². The van der Waals surface area contributed by atoms with Crippen LogP contribution >= 0.6 is 0 Å². The van der Waals surface area contributed by atoms with Gasteiger partial charge in [0.2, 0.25) is 0 Å². The van der Waals surface area contributed by atoms with Crippen molar-refractivity contribution < 1.29 is 20.1 Å². The zero-order valence-corrected chi connectivity index (χ0v) is 25.9. The average molecular weight is 521 g/mol. The lowest BCUT2D eigenvalue weighted by atomic mass is 9.54. The first-order valence-corrected chi connectivity index (χ1v) is 15.5. The fraction of sp³-hybridized carbons (Fsp3) is 1.00. The summed E-state index contributed by atoms with van der Waals surface area (Å²) in [7, 11) is 0. The second kappa shape index (κ2) is 9.18. The molecule has 216 valence electrons. The summed E-state index contributed by atoms with van der Waals surface area (Å²) >= 11 is 0. The van der Waals surface area contributed by atoms with Crippen LogP contribution in [0.5, 0.6) is 0 Å². The van der Waals surface area contributed by atoms with Crippen LogP contribution in [0.25, 0.3) is 0 Å². The van der Waals surface area contributed by atoms with Crippen LogP contribution in [0.15, 0.2) is 0 Å². The Balaban J connectivity index is 0.000000586. The molecule has 4 saturated carbocycles. The number of hydrogen-bond acceptors (Lipinski definition) is 4. The fourth-order valence-corrected chi connectivity index (χ4v) is 10.9. The standard InChI is InChI=1S/C29H50O3.C4H10O/c1-8-29-18-28(29)14-13-25(5)23(27(7)12-9-15-32-27)21(31)17-26(25,6)20(16-28)10-11-22(29)24(3,4)19(2)30;1-4(2,3)5/h19-23,30-31H,8-18H2,1-7H3;5H,1-3H3/t19?,20-,21?,22?,23?,25?,26+,27-,28?,29-;/m1./s1. The van der Waals surface area contributed by atoms with Crippen molar-refractivity contribution in [3.63, 3.8) is 0 Å². The van der Waals surface area contributed by atoms with Gasteiger partial charge in [-0.3, -0.25) is 0 Å². The molecular weight excluding hydrogens is 460 g/mol. The fourth-order valence-electron chi connectivity index (χ4n) is 10.9. The molecule has 6 unspecified atom stereocenters. The molecule has 2 bridgehead atoms. The number of fused-ring (bicyclic) bond motifs is 3. The summed E-state index contributed by atoms with van der Waals surface area (Å²) in [5.74, 6) is 1.51. The lowest BCUT2D eigenvalue weighted by Crippen LogP contribution is -2.50. The molecule has 1 spiro atoms. The van der Waals surface area contributed by atoms with Crippen molar-refractivity contribution in [1.82, 2.24) is 0 Å². The quantitative estimate of drug-likeness (QED) is 0.369. The van der Waals surface area contributed by atoms with Crippen LogP contribution in [0.4, 0.5) is 0 Å². The summed E-state index contributed by atoms with van der Waals surface area (Å²) in [6.07, 6.45) is 11.6. The minimum Gasteiger partial charge on any atom is -0.393 e. The van der Waals surface area contributed by atoms with Crippen molar-refractivity contribution in [3.8, 4) is 0 Å². The van der Waals surface area contributed by atoms with E-state index in [9.17, 15) is 10.2 Å². The Kier molecular flexibility index (Phi) is 7.40. The van der Waals surface area contributed by atoms with E-state index in [1.165, 1.54) is 44.9 Å². The van der Waals surface area contributed by atoms with Crippen molar-refractivity contribution in [3.05, 3.63) is 0 Å². The molecule has 0 radical (unpaired) electrons. The van der Waals surface area contributed by atoms with Gasteiger partial charge >= 0.3 is 0 Å². The topological polar surface area (TPSA) is 69.9 Å². The molecule has 5 rings (SSSR count). The van der Waals surface area contributed by atoms with Crippen LogP contribution < -0.4 is 0 Å². The molecule has 4 heteroatoms. The van der Waals surface area contributed by atoms with Crippen LogP contribution in [0, 0.1) is 44.8 Å². The summed E-state index contributed by atoms with van der Waals surface area (Å²) < 4.78 is 6.41. The summed E-state index contributed by atoms with van der Waals surface area (Å²) in [4.78, 5) is 0. The zero-order chi connectivity index (χ0) is 27.9. The van der Waals surface area contributed by atoms with E-state index in [-0.39, 0.29) is 40.0 Å². The molecule has 0 aromatic heterocycles. The Hall–Kier alpha value is -0.160. The number of aliphatic hydroxyl groups is 3.